The van der Waals surface area contributed by atoms with E-state index in [4.69, 9.17) is 19.0 Å². The first-order valence-electron chi connectivity index (χ1n) is 21.8. The summed E-state index contributed by atoms with van der Waals surface area (Å²) < 4.78 is 17.0. The van der Waals surface area contributed by atoms with Crippen molar-refractivity contribution in [2.24, 2.45) is 10.8 Å². The SMILES string of the molecule is CCC1(Cc2cc(C(C)(C)c3cc(CC4(CC)CCCCC4)n(-c4ccc5oc6ccccc6c5c4)n3)nn2-c2ccc3oc4ccccc4c3c2)CCCCC1. The fraction of sp³-hybridized carbons (Fsp3) is 0.412. The lowest BCUT2D eigenvalue weighted by molar-refractivity contribution is 0.176. The second-order valence-electron chi connectivity index (χ2n) is 18.2. The van der Waals surface area contributed by atoms with Crippen LogP contribution in [0.15, 0.2) is 106 Å². The largest absolute Gasteiger partial charge is 0.456 e. The van der Waals surface area contributed by atoms with Crippen molar-refractivity contribution in [2.45, 2.75) is 123 Å². The highest BCUT2D eigenvalue weighted by atomic mass is 16.3. The van der Waals surface area contributed by atoms with Gasteiger partial charge in [-0.3, -0.25) is 0 Å². The Balaban J connectivity index is 1.11. The van der Waals surface area contributed by atoms with Crippen molar-refractivity contribution in [1.29, 1.82) is 0 Å². The van der Waals surface area contributed by atoms with Crippen LogP contribution >= 0.6 is 0 Å². The number of hydrogen-bond acceptors (Lipinski definition) is 4. The van der Waals surface area contributed by atoms with Crippen molar-refractivity contribution >= 4 is 43.9 Å². The van der Waals surface area contributed by atoms with E-state index < -0.39 is 5.41 Å². The van der Waals surface area contributed by atoms with Crippen molar-refractivity contribution in [3.63, 3.8) is 0 Å². The van der Waals surface area contributed by atoms with E-state index in [2.05, 4.69) is 122 Å². The van der Waals surface area contributed by atoms with Gasteiger partial charge in [0.15, 0.2) is 0 Å². The summed E-state index contributed by atoms with van der Waals surface area (Å²) in [5.41, 5.74) is 10.7. The van der Waals surface area contributed by atoms with Crippen LogP contribution in [0.4, 0.5) is 0 Å². The third-order valence-corrected chi connectivity index (χ3v) is 14.5. The number of para-hydroxylation sites is 2. The van der Waals surface area contributed by atoms with Crippen LogP contribution < -0.4 is 0 Å². The molecular weight excluding hydrogens is 701 g/mol. The third kappa shape index (κ3) is 6.31. The van der Waals surface area contributed by atoms with Crippen LogP contribution in [0.5, 0.6) is 0 Å². The summed E-state index contributed by atoms with van der Waals surface area (Å²) in [6.45, 7) is 9.44. The standard InChI is InChI=1S/C51H56N4O2/c1-5-50(25-13-7-14-26-50)33-37-31-47(52-54(37)35-21-23-45-41(29-35)39-17-9-11-19-43(39)56-45)49(3,4)48-32-38(34-51(6-2)27-15-8-16-28-51)55(53-48)36-22-24-46-42(30-36)40-18-10-12-20-44(40)57-46/h9-12,17-24,29-32H,5-8,13-16,25-28,33-34H2,1-4H3. The lowest BCUT2D eigenvalue weighted by Gasteiger charge is -2.36. The molecule has 0 radical (unpaired) electrons. The Morgan fingerprint density at radius 3 is 1.33 bits per heavy atom. The summed E-state index contributed by atoms with van der Waals surface area (Å²) in [4.78, 5) is 0. The first kappa shape index (κ1) is 36.3. The molecule has 4 heterocycles. The highest BCUT2D eigenvalue weighted by Crippen LogP contribution is 2.45. The van der Waals surface area contributed by atoms with Crippen molar-refractivity contribution in [2.75, 3.05) is 0 Å². The second kappa shape index (κ2) is 14.1. The Kier molecular flexibility index (Phi) is 8.95. The van der Waals surface area contributed by atoms with E-state index in [1.807, 2.05) is 12.1 Å². The van der Waals surface area contributed by atoms with E-state index in [-0.39, 0.29) is 0 Å². The lowest BCUT2D eigenvalue weighted by Crippen LogP contribution is -2.27. The molecule has 0 spiro atoms. The normalized spacial score (nSPS) is 17.3. The summed E-state index contributed by atoms with van der Waals surface area (Å²) in [7, 11) is 0. The number of hydrogen-bond donors (Lipinski definition) is 0. The van der Waals surface area contributed by atoms with Crippen LogP contribution in [-0.4, -0.2) is 19.6 Å². The summed E-state index contributed by atoms with van der Waals surface area (Å²) >= 11 is 0. The summed E-state index contributed by atoms with van der Waals surface area (Å²) in [5.74, 6) is 0. The molecule has 8 aromatic rings. The third-order valence-electron chi connectivity index (χ3n) is 14.5. The Hall–Kier alpha value is -5.10. The summed E-state index contributed by atoms with van der Waals surface area (Å²) in [5, 5.41) is 15.7. The number of aromatic nitrogens is 4. The van der Waals surface area contributed by atoms with E-state index in [0.29, 0.717) is 10.8 Å². The molecule has 2 saturated carbocycles. The Morgan fingerprint density at radius 1 is 0.509 bits per heavy atom. The fourth-order valence-corrected chi connectivity index (χ4v) is 10.7. The molecule has 0 bridgehead atoms. The molecule has 0 aliphatic heterocycles. The van der Waals surface area contributed by atoms with Crippen LogP contribution in [0.2, 0.25) is 0 Å². The molecule has 57 heavy (non-hydrogen) atoms. The molecule has 0 saturated heterocycles. The molecule has 0 unspecified atom stereocenters. The van der Waals surface area contributed by atoms with Gasteiger partial charge in [0.2, 0.25) is 0 Å². The molecule has 0 atom stereocenters. The minimum Gasteiger partial charge on any atom is -0.456 e. The van der Waals surface area contributed by atoms with Gasteiger partial charge in [-0.15, -0.1) is 0 Å². The van der Waals surface area contributed by atoms with E-state index >= 15 is 0 Å². The molecule has 292 valence electrons. The predicted molar refractivity (Wildman–Crippen MR) is 233 cm³/mol. The molecule has 10 rings (SSSR count). The molecular formula is C51H56N4O2. The molecule has 2 aliphatic carbocycles. The Morgan fingerprint density at radius 2 is 0.912 bits per heavy atom. The highest BCUT2D eigenvalue weighted by Gasteiger charge is 2.37. The van der Waals surface area contributed by atoms with Crippen molar-refractivity contribution in [1.82, 2.24) is 19.6 Å². The van der Waals surface area contributed by atoms with Gasteiger partial charge in [-0.25, -0.2) is 9.36 Å². The molecule has 4 aromatic carbocycles. The lowest BCUT2D eigenvalue weighted by atomic mass is 9.69. The zero-order chi connectivity index (χ0) is 38.8. The first-order valence-corrected chi connectivity index (χ1v) is 21.8. The topological polar surface area (TPSA) is 61.9 Å². The van der Waals surface area contributed by atoms with E-state index in [1.165, 1.54) is 88.4 Å². The van der Waals surface area contributed by atoms with Gasteiger partial charge in [0.05, 0.1) is 28.2 Å². The van der Waals surface area contributed by atoms with E-state index in [1.54, 1.807) is 0 Å². The van der Waals surface area contributed by atoms with Crippen LogP contribution in [-0.2, 0) is 18.3 Å². The maximum Gasteiger partial charge on any atom is 0.135 e. The van der Waals surface area contributed by atoms with Crippen molar-refractivity contribution < 1.29 is 8.83 Å². The van der Waals surface area contributed by atoms with Crippen LogP contribution in [0.3, 0.4) is 0 Å². The monoisotopic (exact) mass is 756 g/mol. The number of rotatable bonds is 10. The minimum absolute atomic E-state index is 0.295. The number of benzene rings is 4. The molecule has 2 fully saturated rings. The van der Waals surface area contributed by atoms with Crippen molar-refractivity contribution in [3.8, 4) is 11.4 Å². The average molecular weight is 757 g/mol. The predicted octanol–water partition coefficient (Wildman–Crippen LogP) is 14.0. The van der Waals surface area contributed by atoms with Crippen LogP contribution in [0.1, 0.15) is 128 Å². The molecule has 6 heteroatoms. The van der Waals surface area contributed by atoms with Gasteiger partial charge < -0.3 is 8.83 Å². The van der Waals surface area contributed by atoms with Crippen LogP contribution in [0.25, 0.3) is 55.3 Å². The van der Waals surface area contributed by atoms with Gasteiger partial charge in [-0.2, -0.15) is 10.2 Å². The fourth-order valence-electron chi connectivity index (χ4n) is 10.7. The summed E-state index contributed by atoms with van der Waals surface area (Å²) in [6, 6.07) is 34.7. The van der Waals surface area contributed by atoms with Crippen molar-refractivity contribution in [3.05, 3.63) is 120 Å². The number of fused-ring (bicyclic) bond motifs is 6. The molecule has 6 nitrogen and oxygen atoms in total. The Bertz CT molecular complexity index is 2540. The number of furan rings is 2. The van der Waals surface area contributed by atoms with E-state index in [0.717, 1.165) is 79.5 Å². The minimum atomic E-state index is -0.448. The zero-order valence-electron chi connectivity index (χ0n) is 34.2. The van der Waals surface area contributed by atoms with Gasteiger partial charge in [0, 0.05) is 32.9 Å². The molecule has 0 N–H and O–H groups in total. The molecule has 2 aliphatic rings. The quantitative estimate of drug-likeness (QED) is 0.139. The van der Waals surface area contributed by atoms with Gasteiger partial charge in [0.1, 0.15) is 22.3 Å². The smallest absolute Gasteiger partial charge is 0.135 e. The van der Waals surface area contributed by atoms with Gasteiger partial charge in [-0.05, 0) is 124 Å². The van der Waals surface area contributed by atoms with Gasteiger partial charge in [-0.1, -0.05) is 102 Å². The van der Waals surface area contributed by atoms with Gasteiger partial charge in [0.25, 0.3) is 0 Å². The first-order chi connectivity index (χ1) is 27.8. The Labute approximate surface area is 336 Å². The molecule has 0 amide bonds. The maximum atomic E-state index is 6.26. The second-order valence-corrected chi connectivity index (χ2v) is 18.2. The summed E-state index contributed by atoms with van der Waals surface area (Å²) in [6.07, 6.45) is 17.5. The number of nitrogens with zero attached hydrogens (tertiary/aromatic N) is 4. The van der Waals surface area contributed by atoms with Gasteiger partial charge >= 0.3 is 0 Å². The molecule has 4 aromatic heterocycles. The zero-order valence-corrected chi connectivity index (χ0v) is 34.2. The highest BCUT2D eigenvalue weighted by molar-refractivity contribution is 6.06. The average Bonchev–Trinajstić information content (AvgIpc) is 4.04. The van der Waals surface area contributed by atoms with Crippen LogP contribution in [0, 0.1) is 10.8 Å². The van der Waals surface area contributed by atoms with E-state index in [9.17, 15) is 0 Å². The maximum absolute atomic E-state index is 6.26.